The standard InChI is InChI=1S/C27H31N5O3/c1-32-10-4-19(5-11-32)31-26(34)18-12-21-22(16-30-25(21)29-15-18)17-2-3-20-23(33)14-27(35-24(20)13-17)6-8-28-9-7-27/h2-3,12-13,15-16,19,28H,4-11,14H2,1H3,(H,29,30)(H,31,34). The van der Waals surface area contributed by atoms with Gasteiger partial charge in [-0.05, 0) is 69.8 Å². The van der Waals surface area contributed by atoms with Crippen LogP contribution in [0.15, 0.2) is 36.7 Å². The minimum atomic E-state index is -0.408. The number of amides is 1. The lowest BCUT2D eigenvalue weighted by atomic mass is 9.82. The molecule has 0 saturated carbocycles. The van der Waals surface area contributed by atoms with Gasteiger partial charge in [0.1, 0.15) is 17.0 Å². The second-order valence-electron chi connectivity index (χ2n) is 10.2. The number of hydrogen-bond acceptors (Lipinski definition) is 6. The van der Waals surface area contributed by atoms with Crippen LogP contribution >= 0.6 is 0 Å². The third-order valence-electron chi connectivity index (χ3n) is 7.76. The molecule has 0 unspecified atom stereocenters. The molecule has 2 fully saturated rings. The SMILES string of the molecule is CN1CCC(NC(=O)c2cnc3[nH]cc(-c4ccc5c(c4)OC4(CCNCC4)CC5=O)c3c2)CC1. The van der Waals surface area contributed by atoms with Gasteiger partial charge in [-0.1, -0.05) is 6.07 Å². The number of pyridine rings is 1. The van der Waals surface area contributed by atoms with E-state index >= 15 is 0 Å². The number of hydrogen-bond donors (Lipinski definition) is 3. The number of Topliss-reactive ketones (excluding diaryl/α,β-unsaturated/α-hetero) is 1. The zero-order valence-corrected chi connectivity index (χ0v) is 20.0. The van der Waals surface area contributed by atoms with Crippen LogP contribution in [-0.4, -0.2) is 71.4 Å². The number of aromatic nitrogens is 2. The molecule has 1 amide bonds. The number of rotatable bonds is 3. The van der Waals surface area contributed by atoms with Crippen molar-refractivity contribution in [2.75, 3.05) is 33.2 Å². The molecule has 8 nitrogen and oxygen atoms in total. The zero-order chi connectivity index (χ0) is 24.0. The van der Waals surface area contributed by atoms with Crippen LogP contribution in [0.2, 0.25) is 0 Å². The smallest absolute Gasteiger partial charge is 0.253 e. The number of nitrogens with one attached hydrogen (secondary N) is 3. The topological polar surface area (TPSA) is 99.3 Å². The van der Waals surface area contributed by atoms with Gasteiger partial charge in [0, 0.05) is 42.2 Å². The van der Waals surface area contributed by atoms with E-state index in [1.165, 1.54) is 0 Å². The lowest BCUT2D eigenvalue weighted by molar-refractivity contribution is 0.0188. The van der Waals surface area contributed by atoms with Crippen LogP contribution in [0.3, 0.4) is 0 Å². The first-order valence-electron chi connectivity index (χ1n) is 12.5. The van der Waals surface area contributed by atoms with Crippen molar-refractivity contribution < 1.29 is 14.3 Å². The number of nitrogens with zero attached hydrogens (tertiary/aromatic N) is 2. The Kier molecular flexibility index (Phi) is 5.57. The second kappa shape index (κ2) is 8.77. The number of ketones is 1. The first-order valence-corrected chi connectivity index (χ1v) is 12.5. The summed E-state index contributed by atoms with van der Waals surface area (Å²) >= 11 is 0. The predicted molar refractivity (Wildman–Crippen MR) is 134 cm³/mol. The summed E-state index contributed by atoms with van der Waals surface area (Å²) in [6.07, 6.45) is 7.54. The average Bonchev–Trinajstić information content (AvgIpc) is 3.29. The van der Waals surface area contributed by atoms with Gasteiger partial charge in [0.2, 0.25) is 0 Å². The molecule has 1 aromatic carbocycles. The van der Waals surface area contributed by atoms with Gasteiger partial charge in [-0.2, -0.15) is 0 Å². The Labute approximate surface area is 204 Å². The summed E-state index contributed by atoms with van der Waals surface area (Å²) in [5.41, 5.74) is 3.38. The van der Waals surface area contributed by atoms with Crippen LogP contribution < -0.4 is 15.4 Å². The van der Waals surface area contributed by atoms with E-state index < -0.39 is 5.60 Å². The van der Waals surface area contributed by atoms with Crippen molar-refractivity contribution in [3.05, 3.63) is 47.8 Å². The molecule has 1 spiro atoms. The van der Waals surface area contributed by atoms with Gasteiger partial charge in [0.05, 0.1) is 17.5 Å². The van der Waals surface area contributed by atoms with E-state index in [0.29, 0.717) is 23.3 Å². The molecule has 0 aliphatic carbocycles. The summed E-state index contributed by atoms with van der Waals surface area (Å²) in [7, 11) is 2.11. The van der Waals surface area contributed by atoms with Gasteiger partial charge < -0.3 is 25.3 Å². The number of likely N-dealkylation sites (tertiary alicyclic amines) is 1. The molecular formula is C27H31N5O3. The van der Waals surface area contributed by atoms with Crippen LogP contribution in [0.4, 0.5) is 0 Å². The maximum Gasteiger partial charge on any atom is 0.253 e. The molecule has 0 atom stereocenters. The zero-order valence-electron chi connectivity index (χ0n) is 20.0. The fourth-order valence-electron chi connectivity index (χ4n) is 5.61. The monoisotopic (exact) mass is 473 g/mol. The number of carbonyl (C=O) groups excluding carboxylic acids is 2. The van der Waals surface area contributed by atoms with Crippen molar-refractivity contribution in [3.63, 3.8) is 0 Å². The molecule has 0 radical (unpaired) electrons. The van der Waals surface area contributed by atoms with Gasteiger partial charge in [0.15, 0.2) is 5.78 Å². The first-order chi connectivity index (χ1) is 17.0. The first kappa shape index (κ1) is 22.2. The molecule has 3 aliphatic rings. The Morgan fingerprint density at radius 3 is 2.77 bits per heavy atom. The molecule has 3 aliphatic heterocycles. The van der Waals surface area contributed by atoms with Gasteiger partial charge in [0.25, 0.3) is 5.91 Å². The molecule has 5 heterocycles. The maximum absolute atomic E-state index is 13.0. The molecule has 182 valence electrons. The number of fused-ring (bicyclic) bond motifs is 2. The van der Waals surface area contributed by atoms with Crippen molar-refractivity contribution in [1.82, 2.24) is 25.5 Å². The fraction of sp³-hybridized carbons (Fsp3) is 0.444. The largest absolute Gasteiger partial charge is 0.486 e. The lowest BCUT2D eigenvalue weighted by Crippen LogP contribution is -2.49. The third-order valence-corrected chi connectivity index (χ3v) is 7.76. The number of benzene rings is 1. The van der Waals surface area contributed by atoms with Crippen LogP contribution in [0.5, 0.6) is 5.75 Å². The number of H-pyrrole nitrogens is 1. The minimum absolute atomic E-state index is 0.0895. The summed E-state index contributed by atoms with van der Waals surface area (Å²) in [6.45, 7) is 3.70. The number of piperidine rings is 2. The molecule has 8 heteroatoms. The highest BCUT2D eigenvalue weighted by Crippen LogP contribution is 2.41. The lowest BCUT2D eigenvalue weighted by Gasteiger charge is -2.41. The van der Waals surface area contributed by atoms with Crippen LogP contribution in [0, 0.1) is 0 Å². The molecule has 6 rings (SSSR count). The minimum Gasteiger partial charge on any atom is -0.486 e. The molecule has 2 saturated heterocycles. The Morgan fingerprint density at radius 2 is 1.97 bits per heavy atom. The van der Waals surface area contributed by atoms with Crippen molar-refractivity contribution in [2.24, 2.45) is 0 Å². The molecular weight excluding hydrogens is 442 g/mol. The van der Waals surface area contributed by atoms with Gasteiger partial charge >= 0.3 is 0 Å². The van der Waals surface area contributed by atoms with E-state index in [9.17, 15) is 9.59 Å². The average molecular weight is 474 g/mol. The number of aromatic amines is 1. The van der Waals surface area contributed by atoms with Gasteiger partial charge in [-0.15, -0.1) is 0 Å². The van der Waals surface area contributed by atoms with E-state index in [1.807, 2.05) is 30.5 Å². The van der Waals surface area contributed by atoms with Gasteiger partial charge in [-0.25, -0.2) is 4.98 Å². The van der Waals surface area contributed by atoms with Crippen LogP contribution in [0.25, 0.3) is 22.2 Å². The summed E-state index contributed by atoms with van der Waals surface area (Å²) in [5.74, 6) is 0.709. The molecule has 35 heavy (non-hydrogen) atoms. The van der Waals surface area contributed by atoms with E-state index in [2.05, 4.69) is 32.5 Å². The summed E-state index contributed by atoms with van der Waals surface area (Å²) < 4.78 is 6.48. The summed E-state index contributed by atoms with van der Waals surface area (Å²) in [4.78, 5) is 35.9. The normalized spacial score (nSPS) is 20.5. The highest BCUT2D eigenvalue weighted by atomic mass is 16.5. The van der Waals surface area contributed by atoms with Crippen molar-refractivity contribution >= 4 is 22.7 Å². The number of carbonyl (C=O) groups is 2. The van der Waals surface area contributed by atoms with E-state index in [0.717, 1.165) is 74.0 Å². The predicted octanol–water partition coefficient (Wildman–Crippen LogP) is 3.14. The Bertz CT molecular complexity index is 1290. The Morgan fingerprint density at radius 1 is 1.17 bits per heavy atom. The highest BCUT2D eigenvalue weighted by molar-refractivity contribution is 6.03. The maximum atomic E-state index is 13.0. The highest BCUT2D eigenvalue weighted by Gasteiger charge is 2.41. The Hall–Kier alpha value is -3.23. The number of ether oxygens (including phenoxy) is 1. The molecule has 3 N–H and O–H groups in total. The van der Waals surface area contributed by atoms with Crippen LogP contribution in [0.1, 0.15) is 52.8 Å². The third kappa shape index (κ3) is 4.21. The van der Waals surface area contributed by atoms with Crippen molar-refractivity contribution in [1.29, 1.82) is 0 Å². The van der Waals surface area contributed by atoms with Gasteiger partial charge in [-0.3, -0.25) is 9.59 Å². The van der Waals surface area contributed by atoms with E-state index in [-0.39, 0.29) is 17.7 Å². The van der Waals surface area contributed by atoms with E-state index in [1.54, 1.807) is 6.20 Å². The molecule has 3 aromatic rings. The van der Waals surface area contributed by atoms with E-state index in [4.69, 9.17) is 4.74 Å². The molecule has 0 bridgehead atoms. The fourth-order valence-corrected chi connectivity index (χ4v) is 5.61. The van der Waals surface area contributed by atoms with Crippen molar-refractivity contribution in [3.8, 4) is 16.9 Å². The van der Waals surface area contributed by atoms with Crippen LogP contribution in [-0.2, 0) is 0 Å². The quantitative estimate of drug-likeness (QED) is 0.541. The molecule has 2 aromatic heterocycles. The Balaban J connectivity index is 1.29. The van der Waals surface area contributed by atoms with Crippen molar-refractivity contribution in [2.45, 2.75) is 43.7 Å². The summed E-state index contributed by atoms with van der Waals surface area (Å²) in [6, 6.07) is 7.87. The second-order valence-corrected chi connectivity index (χ2v) is 10.2. The summed E-state index contributed by atoms with van der Waals surface area (Å²) in [5, 5.41) is 7.40.